The molecule has 1 aliphatic rings. The number of hydrogen-bond donors (Lipinski definition) is 2. The van der Waals surface area contributed by atoms with Gasteiger partial charge in [0, 0.05) is 41.6 Å². The van der Waals surface area contributed by atoms with E-state index in [1.165, 1.54) is 0 Å². The van der Waals surface area contributed by atoms with Gasteiger partial charge >= 0.3 is 0 Å². The van der Waals surface area contributed by atoms with Gasteiger partial charge in [0.25, 0.3) is 11.8 Å². The van der Waals surface area contributed by atoms with Crippen LogP contribution in [-0.2, 0) is 16.1 Å². The van der Waals surface area contributed by atoms with Crippen molar-refractivity contribution in [1.29, 1.82) is 0 Å². The third-order valence-electron chi connectivity index (χ3n) is 4.56. The summed E-state index contributed by atoms with van der Waals surface area (Å²) >= 11 is 0. The zero-order chi connectivity index (χ0) is 18.1. The minimum Gasteiger partial charge on any atom is -0.347 e. The van der Waals surface area contributed by atoms with E-state index in [0.717, 1.165) is 29.4 Å². The monoisotopic (exact) mass is 346 g/mol. The van der Waals surface area contributed by atoms with E-state index in [-0.39, 0.29) is 11.8 Å². The number of hydrogen-bond acceptors (Lipinski definition) is 4. The summed E-state index contributed by atoms with van der Waals surface area (Å²) in [4.78, 5) is 29.0. The van der Waals surface area contributed by atoms with Gasteiger partial charge in [-0.15, -0.1) is 0 Å². The molecule has 6 heteroatoms. The quantitative estimate of drug-likeness (QED) is 0.691. The first-order valence-corrected chi connectivity index (χ1v) is 8.49. The maximum absolute atomic E-state index is 12.6. The topological polar surface area (TPSA) is 90.0 Å². The second-order valence-corrected chi connectivity index (χ2v) is 6.16. The Balaban J connectivity index is 1.97. The van der Waals surface area contributed by atoms with E-state index >= 15 is 0 Å². The Morgan fingerprint density at radius 3 is 2.50 bits per heavy atom. The molecule has 6 nitrogen and oxygen atoms in total. The van der Waals surface area contributed by atoms with Crippen LogP contribution in [0.25, 0.3) is 22.0 Å². The lowest BCUT2D eigenvalue weighted by Crippen LogP contribution is -2.22. The maximum atomic E-state index is 12.6. The Morgan fingerprint density at radius 2 is 1.73 bits per heavy atom. The van der Waals surface area contributed by atoms with Crippen LogP contribution in [0.4, 0.5) is 0 Å². The highest BCUT2D eigenvalue weighted by atomic mass is 16.2. The number of rotatable bonds is 5. The third-order valence-corrected chi connectivity index (χ3v) is 4.56. The van der Waals surface area contributed by atoms with Crippen LogP contribution in [0.1, 0.15) is 17.5 Å². The summed E-state index contributed by atoms with van der Waals surface area (Å²) in [6, 6.07) is 11.3. The molecule has 26 heavy (non-hydrogen) atoms. The standard InChI is InChI=1S/C20H18N4O2/c21-8-3-11-24-12-15(14-4-1-2-5-16(14)24)18-17(19(25)23-20(18)26)13-6-9-22-10-7-13/h1-2,4-7,9-10,12H,3,8,11,21H2,(H,23,25,26). The molecule has 1 aromatic carbocycles. The van der Waals surface area contributed by atoms with E-state index < -0.39 is 0 Å². The van der Waals surface area contributed by atoms with Crippen LogP contribution in [-0.4, -0.2) is 27.9 Å². The number of benzene rings is 1. The number of nitrogens with zero attached hydrogens (tertiary/aromatic N) is 2. The SMILES string of the molecule is NCCCn1cc(C2=C(c3ccncc3)C(=O)NC2=O)c2ccccc21. The van der Waals surface area contributed by atoms with Gasteiger partial charge in [-0.2, -0.15) is 0 Å². The van der Waals surface area contributed by atoms with Crippen molar-refractivity contribution >= 4 is 33.9 Å². The molecule has 0 aliphatic carbocycles. The number of fused-ring (bicyclic) bond motifs is 1. The van der Waals surface area contributed by atoms with E-state index in [0.29, 0.717) is 23.3 Å². The molecule has 3 heterocycles. The van der Waals surface area contributed by atoms with Crippen LogP contribution in [0.15, 0.2) is 55.0 Å². The van der Waals surface area contributed by atoms with Crippen molar-refractivity contribution in [3.05, 3.63) is 66.1 Å². The number of para-hydroxylation sites is 1. The van der Waals surface area contributed by atoms with Gasteiger partial charge < -0.3 is 10.3 Å². The number of amides is 2. The molecule has 1 aliphatic heterocycles. The van der Waals surface area contributed by atoms with Crippen molar-refractivity contribution in [1.82, 2.24) is 14.9 Å². The molecule has 0 saturated heterocycles. The van der Waals surface area contributed by atoms with Gasteiger partial charge in [-0.05, 0) is 36.7 Å². The molecular weight excluding hydrogens is 328 g/mol. The summed E-state index contributed by atoms with van der Waals surface area (Å²) in [7, 11) is 0. The van der Waals surface area contributed by atoms with Gasteiger partial charge in [0.05, 0.1) is 11.1 Å². The largest absolute Gasteiger partial charge is 0.347 e. The first kappa shape index (κ1) is 16.2. The number of pyridine rings is 1. The molecule has 0 radical (unpaired) electrons. The average Bonchev–Trinajstić information content (AvgIpc) is 3.17. The number of aryl methyl sites for hydroxylation is 1. The number of imide groups is 1. The fraction of sp³-hybridized carbons (Fsp3) is 0.150. The smallest absolute Gasteiger partial charge is 0.259 e. The molecule has 2 amide bonds. The lowest BCUT2D eigenvalue weighted by Gasteiger charge is -2.03. The van der Waals surface area contributed by atoms with E-state index in [2.05, 4.69) is 14.9 Å². The fourth-order valence-electron chi connectivity index (χ4n) is 3.40. The number of aromatic nitrogens is 2. The van der Waals surface area contributed by atoms with E-state index in [4.69, 9.17) is 5.73 Å². The van der Waals surface area contributed by atoms with Crippen molar-refractivity contribution < 1.29 is 9.59 Å². The van der Waals surface area contributed by atoms with E-state index in [1.54, 1.807) is 24.5 Å². The number of carbonyl (C=O) groups is 2. The van der Waals surface area contributed by atoms with Crippen LogP contribution in [0.3, 0.4) is 0 Å². The molecule has 0 atom stereocenters. The molecule has 0 fully saturated rings. The molecular formula is C20H18N4O2. The van der Waals surface area contributed by atoms with E-state index in [9.17, 15) is 9.59 Å². The lowest BCUT2D eigenvalue weighted by atomic mass is 9.96. The van der Waals surface area contributed by atoms with Gasteiger partial charge in [-0.25, -0.2) is 0 Å². The van der Waals surface area contributed by atoms with Gasteiger partial charge in [0.2, 0.25) is 0 Å². The van der Waals surface area contributed by atoms with Gasteiger partial charge in [-0.1, -0.05) is 18.2 Å². The zero-order valence-electron chi connectivity index (χ0n) is 14.1. The molecule has 0 unspecified atom stereocenters. The summed E-state index contributed by atoms with van der Waals surface area (Å²) in [5.74, 6) is -0.751. The fourth-order valence-corrected chi connectivity index (χ4v) is 3.40. The average molecular weight is 346 g/mol. The van der Waals surface area contributed by atoms with Crippen LogP contribution in [0, 0.1) is 0 Å². The molecule has 130 valence electrons. The van der Waals surface area contributed by atoms with Crippen molar-refractivity contribution in [3.63, 3.8) is 0 Å². The van der Waals surface area contributed by atoms with Crippen molar-refractivity contribution in [3.8, 4) is 0 Å². The van der Waals surface area contributed by atoms with Gasteiger partial charge in [0.1, 0.15) is 0 Å². The minimum atomic E-state index is -0.380. The van der Waals surface area contributed by atoms with Crippen LogP contribution < -0.4 is 11.1 Å². The number of carbonyl (C=O) groups excluding carboxylic acids is 2. The van der Waals surface area contributed by atoms with E-state index in [1.807, 2.05) is 30.5 Å². The Hall–Kier alpha value is -3.25. The summed E-state index contributed by atoms with van der Waals surface area (Å²) in [5.41, 5.74) is 8.90. The van der Waals surface area contributed by atoms with Crippen LogP contribution >= 0.6 is 0 Å². The van der Waals surface area contributed by atoms with Gasteiger partial charge in [-0.3, -0.25) is 19.9 Å². The second-order valence-electron chi connectivity index (χ2n) is 6.16. The highest BCUT2D eigenvalue weighted by Gasteiger charge is 2.33. The highest BCUT2D eigenvalue weighted by molar-refractivity contribution is 6.50. The first-order chi connectivity index (χ1) is 12.7. The van der Waals surface area contributed by atoms with Crippen molar-refractivity contribution in [2.45, 2.75) is 13.0 Å². The Bertz CT molecular complexity index is 1030. The molecule has 0 spiro atoms. The molecule has 3 N–H and O–H groups in total. The normalized spacial score (nSPS) is 14.3. The van der Waals surface area contributed by atoms with Crippen molar-refractivity contribution in [2.75, 3.05) is 6.54 Å². The predicted octanol–water partition coefficient (Wildman–Crippen LogP) is 1.95. The third kappa shape index (κ3) is 2.60. The minimum absolute atomic E-state index is 0.372. The second kappa shape index (κ2) is 6.57. The Labute approximate surface area is 150 Å². The maximum Gasteiger partial charge on any atom is 0.259 e. The first-order valence-electron chi connectivity index (χ1n) is 8.49. The summed E-state index contributed by atoms with van der Waals surface area (Å²) in [6.45, 7) is 1.34. The molecule has 3 aromatic rings. The summed E-state index contributed by atoms with van der Waals surface area (Å²) < 4.78 is 2.09. The van der Waals surface area contributed by atoms with Crippen LogP contribution in [0.2, 0.25) is 0 Å². The summed E-state index contributed by atoms with van der Waals surface area (Å²) in [5, 5.41) is 3.37. The Kier molecular flexibility index (Phi) is 4.10. The molecule has 2 aromatic heterocycles. The summed E-state index contributed by atoms with van der Waals surface area (Å²) in [6.07, 6.45) is 6.00. The molecule has 0 bridgehead atoms. The molecule has 0 saturated carbocycles. The lowest BCUT2D eigenvalue weighted by molar-refractivity contribution is -0.122. The number of nitrogens with two attached hydrogens (primary N) is 1. The Morgan fingerprint density at radius 1 is 1.00 bits per heavy atom. The number of nitrogens with one attached hydrogen (secondary N) is 1. The van der Waals surface area contributed by atoms with Crippen LogP contribution in [0.5, 0.6) is 0 Å². The highest BCUT2D eigenvalue weighted by Crippen LogP contribution is 2.35. The van der Waals surface area contributed by atoms with Crippen molar-refractivity contribution in [2.24, 2.45) is 5.73 Å². The molecule has 4 rings (SSSR count). The van der Waals surface area contributed by atoms with Gasteiger partial charge in [0.15, 0.2) is 0 Å². The zero-order valence-corrected chi connectivity index (χ0v) is 14.1. The predicted molar refractivity (Wildman–Crippen MR) is 99.8 cm³/mol.